The van der Waals surface area contributed by atoms with E-state index in [0.717, 1.165) is 63.4 Å². The molecule has 1 N–H and O–H groups in total. The Bertz CT molecular complexity index is 1380. The molecule has 0 amide bonds. The molecule has 2 heterocycles. The summed E-state index contributed by atoms with van der Waals surface area (Å²) in [6, 6.07) is 7.15. The van der Waals surface area contributed by atoms with Crippen LogP contribution in [0.1, 0.15) is 70.3 Å². The lowest BCUT2D eigenvalue weighted by Crippen LogP contribution is -2.40. The number of imidazole rings is 1. The van der Waals surface area contributed by atoms with Crippen molar-refractivity contribution in [3.05, 3.63) is 56.0 Å². The van der Waals surface area contributed by atoms with Gasteiger partial charge in [0.05, 0.1) is 10.1 Å². The first-order valence-corrected chi connectivity index (χ1v) is 14.5. The van der Waals surface area contributed by atoms with Gasteiger partial charge in [-0.15, -0.1) is 0 Å². The first kappa shape index (κ1) is 25.7. The van der Waals surface area contributed by atoms with Gasteiger partial charge in [0.1, 0.15) is 0 Å². The summed E-state index contributed by atoms with van der Waals surface area (Å²) in [6.45, 7) is 2.87. The van der Waals surface area contributed by atoms with Crippen molar-refractivity contribution in [3.8, 4) is 0 Å². The zero-order chi connectivity index (χ0) is 25.0. The molecule has 10 heteroatoms. The Morgan fingerprint density at radius 3 is 2.34 bits per heavy atom. The van der Waals surface area contributed by atoms with Gasteiger partial charge in [-0.25, -0.2) is 13.2 Å². The van der Waals surface area contributed by atoms with E-state index in [1.54, 1.807) is 12.1 Å². The zero-order valence-corrected chi connectivity index (χ0v) is 21.7. The third kappa shape index (κ3) is 5.56. The number of unbranched alkanes of at least 4 members (excludes halogenated alkanes) is 3. The van der Waals surface area contributed by atoms with Crippen molar-refractivity contribution in [1.29, 1.82) is 0 Å². The number of nitrogens with zero attached hydrogens (tertiary/aromatic N) is 3. The van der Waals surface area contributed by atoms with E-state index < -0.39 is 15.4 Å². The predicted molar refractivity (Wildman–Crippen MR) is 138 cm³/mol. The highest BCUT2D eigenvalue weighted by molar-refractivity contribution is 7.92. The minimum Gasteiger partial charge on any atom is -0.323 e. The van der Waals surface area contributed by atoms with Crippen LogP contribution in [-0.4, -0.2) is 32.8 Å². The van der Waals surface area contributed by atoms with Crippen LogP contribution >= 0.6 is 11.6 Å². The van der Waals surface area contributed by atoms with Crippen LogP contribution in [0, 0.1) is 0 Å². The van der Waals surface area contributed by atoms with Crippen molar-refractivity contribution < 1.29 is 8.42 Å². The molecular formula is C25H33ClN4O4S. The Morgan fingerprint density at radius 2 is 1.66 bits per heavy atom. The molecule has 1 aliphatic rings. The molecule has 3 aromatic rings. The molecule has 35 heavy (non-hydrogen) atoms. The van der Waals surface area contributed by atoms with Crippen LogP contribution in [0.25, 0.3) is 11.2 Å². The van der Waals surface area contributed by atoms with E-state index in [2.05, 4.69) is 16.9 Å². The maximum absolute atomic E-state index is 13.1. The average Bonchev–Trinajstić information content (AvgIpc) is 3.52. The lowest BCUT2D eigenvalue weighted by molar-refractivity contribution is 0.518. The van der Waals surface area contributed by atoms with Gasteiger partial charge in [-0.1, -0.05) is 44.7 Å². The lowest BCUT2D eigenvalue weighted by atomic mass is 10.1. The number of aromatic amines is 1. The Balaban J connectivity index is 1.42. The number of aromatic nitrogens is 4. The van der Waals surface area contributed by atoms with Gasteiger partial charge in [0, 0.05) is 13.1 Å². The minimum atomic E-state index is -3.25. The Kier molecular flexibility index (Phi) is 8.16. The fourth-order valence-corrected chi connectivity index (χ4v) is 6.92. The van der Waals surface area contributed by atoms with Crippen molar-refractivity contribution in [2.24, 2.45) is 0 Å². The molecule has 1 aliphatic carbocycles. The maximum Gasteiger partial charge on any atom is 0.332 e. The minimum absolute atomic E-state index is 0.0943. The van der Waals surface area contributed by atoms with E-state index >= 15 is 0 Å². The molecule has 1 fully saturated rings. The predicted octanol–water partition coefficient (Wildman–Crippen LogP) is 4.47. The Hall–Kier alpha value is -2.39. The van der Waals surface area contributed by atoms with Crippen LogP contribution in [0.3, 0.4) is 0 Å². The summed E-state index contributed by atoms with van der Waals surface area (Å²) in [7, 11) is -3.25. The number of hydrogen-bond acceptors (Lipinski definition) is 5. The SMILES string of the molecule is CCCCCn1c(=O)n(CCCCc2ccc(S(=O)(=O)C3CCCC3)cc2)c(=O)c2[nH]c(Cl)nc21. The van der Waals surface area contributed by atoms with Gasteiger partial charge >= 0.3 is 5.69 Å². The average molecular weight is 521 g/mol. The zero-order valence-electron chi connectivity index (χ0n) is 20.1. The van der Waals surface area contributed by atoms with Crippen LogP contribution in [0.15, 0.2) is 38.8 Å². The van der Waals surface area contributed by atoms with Gasteiger partial charge in [0.15, 0.2) is 21.0 Å². The largest absolute Gasteiger partial charge is 0.332 e. The molecule has 8 nitrogen and oxygen atoms in total. The fourth-order valence-electron chi connectivity index (χ4n) is 4.89. The summed E-state index contributed by atoms with van der Waals surface area (Å²) in [5.41, 5.74) is 0.839. The summed E-state index contributed by atoms with van der Waals surface area (Å²) < 4.78 is 28.3. The molecule has 0 unspecified atom stereocenters. The van der Waals surface area contributed by atoms with Crippen LogP contribution < -0.4 is 11.2 Å². The van der Waals surface area contributed by atoms with E-state index in [9.17, 15) is 18.0 Å². The summed E-state index contributed by atoms with van der Waals surface area (Å²) in [4.78, 5) is 33.3. The number of nitrogens with one attached hydrogen (secondary N) is 1. The third-order valence-corrected chi connectivity index (χ3v) is 9.36. The number of aryl methyl sites for hydroxylation is 2. The number of rotatable bonds is 11. The molecule has 0 spiro atoms. The normalized spacial score (nSPS) is 14.8. The summed E-state index contributed by atoms with van der Waals surface area (Å²) >= 11 is 6.00. The van der Waals surface area contributed by atoms with Gasteiger partial charge in [0.2, 0.25) is 5.28 Å². The molecule has 2 aromatic heterocycles. The van der Waals surface area contributed by atoms with E-state index in [-0.39, 0.29) is 21.7 Å². The summed E-state index contributed by atoms with van der Waals surface area (Å²) in [5, 5.41) is -0.156. The Labute approximate surface area is 210 Å². The van der Waals surface area contributed by atoms with Gasteiger partial charge in [-0.3, -0.25) is 13.9 Å². The number of fused-ring (bicyclic) bond motifs is 1. The second-order valence-corrected chi connectivity index (χ2v) is 12.0. The smallest absolute Gasteiger partial charge is 0.323 e. The molecule has 0 saturated heterocycles. The number of H-pyrrole nitrogens is 1. The first-order chi connectivity index (χ1) is 16.8. The molecule has 0 aliphatic heterocycles. The summed E-state index contributed by atoms with van der Waals surface area (Å²) in [6.07, 6.45) is 8.42. The number of sulfone groups is 1. The standard InChI is InChI=1S/C25H33ClN4O4S/c1-2-3-7-16-29-22-21(27-24(26)28-22)23(31)30(25(29)32)17-8-6-9-18-12-14-20(15-13-18)35(33,34)19-10-4-5-11-19/h12-15,19H,2-11,16-17H2,1H3,(H,27,28). The highest BCUT2D eigenvalue weighted by Crippen LogP contribution is 2.29. The highest BCUT2D eigenvalue weighted by Gasteiger charge is 2.30. The monoisotopic (exact) mass is 520 g/mol. The summed E-state index contributed by atoms with van der Waals surface area (Å²) in [5.74, 6) is 0. The quantitative estimate of drug-likeness (QED) is 0.296. The highest BCUT2D eigenvalue weighted by atomic mass is 35.5. The van der Waals surface area contributed by atoms with Crippen molar-refractivity contribution in [3.63, 3.8) is 0 Å². The topological polar surface area (TPSA) is 107 Å². The van der Waals surface area contributed by atoms with Crippen LogP contribution in [-0.2, 0) is 29.3 Å². The van der Waals surface area contributed by atoms with Gasteiger partial charge in [-0.2, -0.15) is 4.98 Å². The van der Waals surface area contributed by atoms with Gasteiger partial charge in [0.25, 0.3) is 5.56 Å². The number of benzene rings is 1. The van der Waals surface area contributed by atoms with Gasteiger partial charge < -0.3 is 4.98 Å². The molecule has 0 atom stereocenters. The van der Waals surface area contributed by atoms with Crippen LogP contribution in [0.5, 0.6) is 0 Å². The van der Waals surface area contributed by atoms with E-state index in [1.165, 1.54) is 9.13 Å². The Morgan fingerprint density at radius 1 is 1.00 bits per heavy atom. The molecule has 190 valence electrons. The third-order valence-electron chi connectivity index (χ3n) is 6.91. The molecule has 0 radical (unpaired) electrons. The van der Waals surface area contributed by atoms with E-state index in [0.29, 0.717) is 30.1 Å². The first-order valence-electron chi connectivity index (χ1n) is 12.5. The molecular weight excluding hydrogens is 488 g/mol. The molecule has 4 rings (SSSR count). The van der Waals surface area contributed by atoms with Crippen molar-refractivity contribution in [1.82, 2.24) is 19.1 Å². The number of halogens is 1. The van der Waals surface area contributed by atoms with Crippen molar-refractivity contribution in [2.75, 3.05) is 0 Å². The molecule has 1 aromatic carbocycles. The molecule has 0 bridgehead atoms. The van der Waals surface area contributed by atoms with Crippen molar-refractivity contribution >= 4 is 32.6 Å². The second-order valence-electron chi connectivity index (χ2n) is 9.38. The van der Waals surface area contributed by atoms with Crippen molar-refractivity contribution in [2.45, 2.75) is 94.4 Å². The van der Waals surface area contributed by atoms with Gasteiger partial charge in [-0.05, 0) is 67.8 Å². The van der Waals surface area contributed by atoms with E-state index in [1.807, 2.05) is 12.1 Å². The lowest BCUT2D eigenvalue weighted by Gasteiger charge is -2.12. The number of hydrogen-bond donors (Lipinski definition) is 1. The van der Waals surface area contributed by atoms with Crippen LogP contribution in [0.4, 0.5) is 0 Å². The molecule has 1 saturated carbocycles. The fraction of sp³-hybridized carbons (Fsp3) is 0.560. The van der Waals surface area contributed by atoms with E-state index in [4.69, 9.17) is 11.6 Å². The van der Waals surface area contributed by atoms with Crippen LogP contribution in [0.2, 0.25) is 5.28 Å². The maximum atomic E-state index is 13.1. The second kappa shape index (κ2) is 11.1.